The number of nitrogens with one attached hydrogen (secondary N) is 2. The highest BCUT2D eigenvalue weighted by molar-refractivity contribution is 6.06. The monoisotopic (exact) mass is 1030 g/mol. The van der Waals surface area contributed by atoms with Gasteiger partial charge < -0.3 is 39.5 Å². The Morgan fingerprint density at radius 3 is 2.41 bits per heavy atom. The number of halogens is 3. The lowest BCUT2D eigenvalue weighted by Crippen LogP contribution is -2.52. The first kappa shape index (κ1) is 49.3. The SMILES string of the molecule is C#Cc1c(F)ccc2cc(O)cc(-c3ncc4c(N5CC6CCC(C5)N6)nc(OCC5C[C@@H](OC6CCN(CC7CCN(c8cc(C)c9c(c8F)CN(C8CCC(=O)NC8=O)C9=O)CC7)CC6)CN5C)nc4c3F)c12. The Morgan fingerprint density at radius 2 is 1.67 bits per heavy atom. The number of phenols is 1. The second-order valence-electron chi connectivity index (χ2n) is 21.8. The van der Waals surface area contributed by atoms with E-state index in [1.54, 1.807) is 6.07 Å². The van der Waals surface area contributed by atoms with Crippen molar-refractivity contribution in [3.05, 3.63) is 76.2 Å². The van der Waals surface area contributed by atoms with E-state index in [9.17, 15) is 19.5 Å². The number of phenolic OH excluding ortho intramolecular Hbond substituents is 1. The lowest BCUT2D eigenvalue weighted by atomic mass is 9.93. The van der Waals surface area contributed by atoms with Crippen LogP contribution in [0.5, 0.6) is 11.8 Å². The van der Waals surface area contributed by atoms with Crippen molar-refractivity contribution < 1.29 is 42.1 Å². The van der Waals surface area contributed by atoms with E-state index in [0.717, 1.165) is 71.1 Å². The number of aryl methyl sites for hydroxylation is 1. The molecule has 0 spiro atoms. The van der Waals surface area contributed by atoms with E-state index < -0.39 is 29.4 Å². The Balaban J connectivity index is 0.663. The molecule has 12 rings (SSSR count). The minimum atomic E-state index is -0.792. The second kappa shape index (κ2) is 19.8. The van der Waals surface area contributed by atoms with Gasteiger partial charge in [0, 0.05) is 99.6 Å². The predicted octanol–water partition coefficient (Wildman–Crippen LogP) is 5.81. The smallest absolute Gasteiger partial charge is 0.319 e. The van der Waals surface area contributed by atoms with Gasteiger partial charge in [-0.05, 0) is 106 Å². The molecule has 392 valence electrons. The van der Waals surface area contributed by atoms with Gasteiger partial charge >= 0.3 is 6.01 Å². The maximum atomic E-state index is 17.1. The standard InChI is InChI=1S/C56H61F3N10O6/c1-4-39-43(57)8-5-32-20-36(70)22-40(48(32)39)51-50(59)52-41(23-60-51)53(68-25-33-6-7-34(26-68)61-33)64-56(63-52)74-29-35-21-38(27-65(35)3)75-37-13-15-66(16-14-37)24-31-11-17-67(18-12-31)45-19-30(2)47-42(49(45)58)28-69(55(47)73)44-9-10-46(71)62-54(44)72/h1,5,8,19-20,22-23,31,33-35,37-38,44,61,70H,6-7,9-18,21,24-29H2,2-3H3,(H,62,71,72)/t33?,34?,35?,38-,44?/m1/s1. The summed E-state index contributed by atoms with van der Waals surface area (Å²) in [5, 5.41) is 17.8. The molecule has 2 aromatic heterocycles. The van der Waals surface area contributed by atoms with E-state index in [1.807, 2.05) is 6.92 Å². The van der Waals surface area contributed by atoms with E-state index in [1.165, 1.54) is 35.4 Å². The Morgan fingerprint density at radius 1 is 0.893 bits per heavy atom. The molecule has 4 unspecified atom stereocenters. The summed E-state index contributed by atoms with van der Waals surface area (Å²) >= 11 is 0. The van der Waals surface area contributed by atoms with E-state index in [-0.39, 0.29) is 108 Å². The molecule has 9 heterocycles. The van der Waals surface area contributed by atoms with Crippen molar-refractivity contribution in [1.82, 2.24) is 40.3 Å². The molecule has 0 saturated carbocycles. The molecule has 0 radical (unpaired) electrons. The number of likely N-dealkylation sites (N-methyl/N-ethyl adjacent to an activating group) is 1. The van der Waals surface area contributed by atoms with Crippen LogP contribution in [-0.2, 0) is 20.9 Å². The Hall–Kier alpha value is -6.59. The maximum Gasteiger partial charge on any atom is 0.319 e. The second-order valence-corrected chi connectivity index (χ2v) is 21.8. The molecular weight excluding hydrogens is 966 g/mol. The lowest BCUT2D eigenvalue weighted by Gasteiger charge is -2.39. The fourth-order valence-electron chi connectivity index (χ4n) is 13.1. The average molecular weight is 1030 g/mol. The van der Waals surface area contributed by atoms with Gasteiger partial charge in [-0.3, -0.25) is 29.6 Å². The van der Waals surface area contributed by atoms with Gasteiger partial charge in [-0.15, -0.1) is 6.42 Å². The summed E-state index contributed by atoms with van der Waals surface area (Å²) in [7, 11) is 2.05. The highest BCUT2D eigenvalue weighted by Crippen LogP contribution is 2.41. The maximum absolute atomic E-state index is 17.1. The summed E-state index contributed by atoms with van der Waals surface area (Å²) in [6, 6.07) is 7.07. The Kier molecular flexibility index (Phi) is 13.0. The number of pyridine rings is 1. The lowest BCUT2D eigenvalue weighted by molar-refractivity contribution is -0.136. The molecule has 7 aliphatic heterocycles. The van der Waals surface area contributed by atoms with Crippen LogP contribution < -0.4 is 25.2 Å². The molecule has 19 heteroatoms. The van der Waals surface area contributed by atoms with Crippen LogP contribution in [0.2, 0.25) is 0 Å². The predicted molar refractivity (Wildman–Crippen MR) is 275 cm³/mol. The fraction of sp³-hybridized carbons (Fsp3) is 0.500. The van der Waals surface area contributed by atoms with Gasteiger partial charge in [-0.25, -0.2) is 13.2 Å². The number of benzene rings is 3. The molecule has 6 saturated heterocycles. The first-order chi connectivity index (χ1) is 36.3. The Bertz CT molecular complexity index is 3160. The molecule has 16 nitrogen and oxygen atoms in total. The van der Waals surface area contributed by atoms with E-state index in [4.69, 9.17) is 20.9 Å². The van der Waals surface area contributed by atoms with E-state index in [2.05, 4.69) is 53.2 Å². The zero-order valence-electron chi connectivity index (χ0n) is 42.2. The third-order valence-corrected chi connectivity index (χ3v) is 17.0. The molecule has 3 aromatic carbocycles. The zero-order valence-corrected chi connectivity index (χ0v) is 42.2. The van der Waals surface area contributed by atoms with Crippen LogP contribution in [0.1, 0.15) is 84.8 Å². The van der Waals surface area contributed by atoms with Gasteiger partial charge in [0.05, 0.1) is 41.0 Å². The average Bonchev–Trinajstić information content (AvgIpc) is 4.06. The van der Waals surface area contributed by atoms with Crippen molar-refractivity contribution in [2.75, 3.05) is 75.8 Å². The normalized spacial score (nSPS) is 24.9. The number of rotatable bonds is 11. The summed E-state index contributed by atoms with van der Waals surface area (Å²) in [6.07, 6.45) is 14.3. The number of amides is 3. The van der Waals surface area contributed by atoms with Gasteiger partial charge in [-0.1, -0.05) is 12.0 Å². The molecule has 5 aromatic rings. The third kappa shape index (κ3) is 9.27. The van der Waals surface area contributed by atoms with E-state index in [0.29, 0.717) is 71.1 Å². The number of ether oxygens (including phenoxy) is 2. The van der Waals surface area contributed by atoms with Crippen LogP contribution in [0.4, 0.5) is 24.7 Å². The van der Waals surface area contributed by atoms with Crippen molar-refractivity contribution in [3.8, 4) is 35.4 Å². The number of carbonyl (C=O) groups excluding carboxylic acids is 3. The summed E-state index contributed by atoms with van der Waals surface area (Å²) < 4.78 is 61.6. The van der Waals surface area contributed by atoms with Crippen LogP contribution in [-0.4, -0.2) is 155 Å². The van der Waals surface area contributed by atoms with Crippen LogP contribution in [0.3, 0.4) is 0 Å². The number of likely N-dealkylation sites (tertiary alicyclic amines) is 2. The molecule has 5 atom stereocenters. The number of piperidine rings is 3. The van der Waals surface area contributed by atoms with Gasteiger partial charge in [-0.2, -0.15) is 9.97 Å². The molecule has 0 aliphatic carbocycles. The fourth-order valence-corrected chi connectivity index (χ4v) is 13.1. The number of aromatic hydroxyl groups is 1. The number of hydrogen-bond acceptors (Lipinski definition) is 14. The first-order valence-electron chi connectivity index (χ1n) is 26.5. The molecule has 3 N–H and O–H groups in total. The molecule has 6 fully saturated rings. The van der Waals surface area contributed by atoms with Crippen molar-refractivity contribution in [1.29, 1.82) is 0 Å². The highest BCUT2D eigenvalue weighted by Gasteiger charge is 2.43. The summed E-state index contributed by atoms with van der Waals surface area (Å²) in [5.41, 5.74) is 1.81. The molecule has 7 aliphatic rings. The van der Waals surface area contributed by atoms with E-state index >= 15 is 13.2 Å². The number of anilines is 2. The number of imide groups is 1. The van der Waals surface area contributed by atoms with Gasteiger partial charge in [0.15, 0.2) is 11.6 Å². The van der Waals surface area contributed by atoms with Gasteiger partial charge in [0.25, 0.3) is 5.91 Å². The topological polar surface area (TPSA) is 169 Å². The molecule has 3 amide bonds. The highest BCUT2D eigenvalue weighted by atomic mass is 19.1. The number of fused-ring (bicyclic) bond motifs is 5. The molecular formula is C56H61F3N10O6. The number of nitrogens with zero attached hydrogens (tertiary/aromatic N) is 8. The minimum Gasteiger partial charge on any atom is -0.508 e. The van der Waals surface area contributed by atoms with Gasteiger partial charge in [0.2, 0.25) is 11.8 Å². The van der Waals surface area contributed by atoms with Crippen LogP contribution in [0.25, 0.3) is 32.9 Å². The third-order valence-electron chi connectivity index (χ3n) is 17.0. The number of piperazine rings is 1. The van der Waals surface area contributed by atoms with Crippen LogP contribution in [0.15, 0.2) is 36.5 Å². The van der Waals surface area contributed by atoms with Crippen molar-refractivity contribution in [2.45, 2.75) is 108 Å². The minimum absolute atomic E-state index is 0.00157. The van der Waals surface area contributed by atoms with Crippen LogP contribution >= 0.6 is 0 Å². The summed E-state index contributed by atoms with van der Waals surface area (Å²) in [6.45, 7) is 8.45. The largest absolute Gasteiger partial charge is 0.508 e. The first-order valence-corrected chi connectivity index (χ1v) is 26.5. The summed E-state index contributed by atoms with van der Waals surface area (Å²) in [4.78, 5) is 62.3. The summed E-state index contributed by atoms with van der Waals surface area (Å²) in [5.74, 6) is 0.227. The Labute approximate surface area is 432 Å². The number of aromatic nitrogens is 3. The number of hydrogen-bond donors (Lipinski definition) is 3. The zero-order chi connectivity index (χ0) is 51.8. The van der Waals surface area contributed by atoms with Crippen molar-refractivity contribution in [3.63, 3.8) is 0 Å². The number of carbonyl (C=O) groups is 3. The van der Waals surface area contributed by atoms with Crippen molar-refractivity contribution in [2.24, 2.45) is 5.92 Å². The van der Waals surface area contributed by atoms with Crippen molar-refractivity contribution >= 4 is 50.9 Å². The molecule has 2 bridgehead atoms. The van der Waals surface area contributed by atoms with Gasteiger partial charge in [0.1, 0.15) is 41.2 Å². The molecule has 75 heavy (non-hydrogen) atoms. The van der Waals surface area contributed by atoms with Crippen LogP contribution in [0, 0.1) is 42.6 Å². The number of terminal acetylenes is 1. The quantitative estimate of drug-likeness (QED) is 0.107.